The van der Waals surface area contributed by atoms with Gasteiger partial charge in [-0.05, 0) is 23.8 Å². The van der Waals surface area contributed by atoms with Crippen molar-refractivity contribution in [1.82, 2.24) is 10.2 Å². The number of carbonyl (C=O) groups excluding carboxylic acids is 1. The lowest BCUT2D eigenvalue weighted by Crippen LogP contribution is -2.35. The highest BCUT2D eigenvalue weighted by molar-refractivity contribution is 9.11. The van der Waals surface area contributed by atoms with Crippen molar-refractivity contribution in [3.05, 3.63) is 34.7 Å². The van der Waals surface area contributed by atoms with Gasteiger partial charge in [0.25, 0.3) is 5.24 Å². The Morgan fingerprint density at radius 2 is 2.46 bits per heavy atom. The summed E-state index contributed by atoms with van der Waals surface area (Å²) in [5.74, 6) is 0. The van der Waals surface area contributed by atoms with Gasteiger partial charge in [0.05, 0.1) is 0 Å². The monoisotopic (exact) mass is 260 g/mol. The molecular weight excluding hydrogens is 255 g/mol. The normalized spacial score (nSPS) is 24.8. The van der Waals surface area contributed by atoms with Crippen molar-refractivity contribution in [1.29, 1.82) is 0 Å². The molecule has 0 bridgehead atoms. The Hall–Kier alpha value is -0.740. The number of rotatable bonds is 1. The molecule has 1 atom stereocenters. The van der Waals surface area contributed by atoms with Gasteiger partial charge in [-0.25, -0.2) is 0 Å². The molecule has 2 rings (SSSR count). The van der Waals surface area contributed by atoms with E-state index in [0.717, 1.165) is 4.48 Å². The summed E-state index contributed by atoms with van der Waals surface area (Å²) in [5.41, 5.74) is 0.420. The van der Waals surface area contributed by atoms with E-state index in [1.807, 2.05) is 23.3 Å². The Balaban J connectivity index is 2.25. The lowest BCUT2D eigenvalue weighted by molar-refractivity contribution is -0.108. The molecule has 0 amide bonds. The number of hydrogen-bond donors (Lipinski definition) is 1. The molecule has 1 unspecified atom stereocenters. The van der Waals surface area contributed by atoms with Gasteiger partial charge in [0.2, 0.25) is 0 Å². The van der Waals surface area contributed by atoms with Crippen molar-refractivity contribution in [2.75, 3.05) is 0 Å². The quantitative estimate of drug-likeness (QED) is 0.728. The minimum atomic E-state index is -0.469. The topological polar surface area (TPSA) is 32.3 Å². The van der Waals surface area contributed by atoms with Crippen LogP contribution >= 0.6 is 27.5 Å². The van der Waals surface area contributed by atoms with E-state index in [4.69, 9.17) is 11.6 Å². The van der Waals surface area contributed by atoms with Crippen molar-refractivity contribution in [3.8, 4) is 0 Å². The summed E-state index contributed by atoms with van der Waals surface area (Å²) < 4.78 is 0.971. The molecule has 0 saturated carbocycles. The molecule has 2 aliphatic rings. The number of carbonyl (C=O) groups is 1. The van der Waals surface area contributed by atoms with Crippen LogP contribution < -0.4 is 5.32 Å². The number of nitrogens with zero attached hydrogens (tertiary/aromatic N) is 1. The van der Waals surface area contributed by atoms with Crippen molar-refractivity contribution >= 4 is 32.8 Å². The Labute approximate surface area is 88.9 Å². The van der Waals surface area contributed by atoms with Gasteiger partial charge in [-0.2, -0.15) is 0 Å². The predicted molar refractivity (Wildman–Crippen MR) is 53.9 cm³/mol. The number of hydrogen-bond acceptors (Lipinski definition) is 3. The molecular formula is C8H6BrClN2O. The molecule has 0 aliphatic carbocycles. The van der Waals surface area contributed by atoms with E-state index in [1.54, 1.807) is 6.20 Å². The van der Waals surface area contributed by atoms with Crippen molar-refractivity contribution in [3.63, 3.8) is 0 Å². The van der Waals surface area contributed by atoms with E-state index in [9.17, 15) is 4.79 Å². The third-order valence-corrected chi connectivity index (χ3v) is 2.76. The molecule has 0 radical (unpaired) electrons. The fourth-order valence-electron chi connectivity index (χ4n) is 1.26. The van der Waals surface area contributed by atoms with Crippen molar-refractivity contribution in [2.45, 2.75) is 6.17 Å². The molecule has 0 spiro atoms. The van der Waals surface area contributed by atoms with Crippen LogP contribution in [0.15, 0.2) is 34.7 Å². The van der Waals surface area contributed by atoms with Gasteiger partial charge in [-0.3, -0.25) is 4.79 Å². The summed E-state index contributed by atoms with van der Waals surface area (Å²) in [7, 11) is 0. The molecule has 68 valence electrons. The van der Waals surface area contributed by atoms with Gasteiger partial charge in [0.15, 0.2) is 0 Å². The first-order chi connectivity index (χ1) is 6.18. The molecule has 0 fully saturated rings. The first-order valence-electron chi connectivity index (χ1n) is 3.68. The first kappa shape index (κ1) is 8.84. The maximum atomic E-state index is 10.8. The van der Waals surface area contributed by atoms with Crippen LogP contribution in [0.3, 0.4) is 0 Å². The average Bonchev–Trinajstić information content (AvgIpc) is 2.49. The van der Waals surface area contributed by atoms with Crippen LogP contribution in [0, 0.1) is 0 Å². The summed E-state index contributed by atoms with van der Waals surface area (Å²) in [6.45, 7) is 0. The SMILES string of the molecule is O=C(Cl)C1=CN2C=CC=C(Br)C2N1. The van der Waals surface area contributed by atoms with E-state index >= 15 is 0 Å². The molecule has 3 nitrogen and oxygen atoms in total. The van der Waals surface area contributed by atoms with Crippen LogP contribution in [0.2, 0.25) is 0 Å². The number of halogens is 2. The minimum Gasteiger partial charge on any atom is -0.356 e. The summed E-state index contributed by atoms with van der Waals surface area (Å²) in [5, 5.41) is 2.51. The third kappa shape index (κ3) is 1.51. The molecule has 2 heterocycles. The van der Waals surface area contributed by atoms with Gasteiger partial charge in [-0.1, -0.05) is 15.9 Å². The van der Waals surface area contributed by atoms with Crippen LogP contribution in [0.4, 0.5) is 0 Å². The second kappa shape index (κ2) is 3.20. The molecule has 2 aliphatic heterocycles. The predicted octanol–water partition coefficient (Wildman–Crippen LogP) is 1.63. The standard InChI is InChI=1S/C8H6BrClN2O/c9-5-2-1-3-12-4-6(7(10)13)11-8(5)12/h1-4,8,11H. The Morgan fingerprint density at radius 3 is 3.08 bits per heavy atom. The zero-order valence-corrected chi connectivity index (χ0v) is 8.84. The highest BCUT2D eigenvalue weighted by atomic mass is 79.9. The van der Waals surface area contributed by atoms with Crippen LogP contribution in [-0.4, -0.2) is 16.3 Å². The fourth-order valence-corrected chi connectivity index (χ4v) is 1.86. The van der Waals surface area contributed by atoms with Crippen LogP contribution in [0.25, 0.3) is 0 Å². The van der Waals surface area contributed by atoms with Gasteiger partial charge in [0.1, 0.15) is 11.9 Å². The van der Waals surface area contributed by atoms with Crippen LogP contribution in [-0.2, 0) is 4.79 Å². The molecule has 1 N–H and O–H groups in total. The van der Waals surface area contributed by atoms with Gasteiger partial charge >= 0.3 is 0 Å². The minimum absolute atomic E-state index is 0.0253. The molecule has 0 aromatic heterocycles. The van der Waals surface area contributed by atoms with Crippen molar-refractivity contribution in [2.24, 2.45) is 0 Å². The van der Waals surface area contributed by atoms with Gasteiger partial charge < -0.3 is 10.2 Å². The highest BCUT2D eigenvalue weighted by Crippen LogP contribution is 2.25. The van der Waals surface area contributed by atoms with Gasteiger partial charge in [0, 0.05) is 16.9 Å². The molecule has 0 aromatic rings. The second-order valence-electron chi connectivity index (χ2n) is 2.70. The number of fused-ring (bicyclic) bond motifs is 1. The maximum Gasteiger partial charge on any atom is 0.269 e. The Morgan fingerprint density at radius 1 is 1.69 bits per heavy atom. The lowest BCUT2D eigenvalue weighted by Gasteiger charge is -2.24. The van der Waals surface area contributed by atoms with E-state index in [1.165, 1.54) is 0 Å². The Bertz CT molecular complexity index is 348. The van der Waals surface area contributed by atoms with Crippen LogP contribution in [0.5, 0.6) is 0 Å². The highest BCUT2D eigenvalue weighted by Gasteiger charge is 2.28. The van der Waals surface area contributed by atoms with E-state index < -0.39 is 5.24 Å². The molecule has 13 heavy (non-hydrogen) atoms. The van der Waals surface area contributed by atoms with E-state index in [2.05, 4.69) is 21.2 Å². The summed E-state index contributed by atoms with van der Waals surface area (Å²) in [4.78, 5) is 12.7. The molecule has 0 aromatic carbocycles. The molecule has 0 saturated heterocycles. The molecule has 5 heteroatoms. The Kier molecular flexibility index (Phi) is 2.17. The summed E-state index contributed by atoms with van der Waals surface area (Å²) >= 11 is 8.73. The maximum absolute atomic E-state index is 10.8. The average molecular weight is 262 g/mol. The van der Waals surface area contributed by atoms with Crippen LogP contribution in [0.1, 0.15) is 0 Å². The summed E-state index contributed by atoms with van der Waals surface area (Å²) in [6.07, 6.45) is 7.34. The van der Waals surface area contributed by atoms with E-state index in [-0.39, 0.29) is 6.17 Å². The fraction of sp³-hybridized carbons (Fsp3) is 0.125. The zero-order chi connectivity index (χ0) is 9.42. The van der Waals surface area contributed by atoms with Crippen molar-refractivity contribution < 1.29 is 4.79 Å². The zero-order valence-electron chi connectivity index (χ0n) is 6.50. The lowest BCUT2D eigenvalue weighted by atomic mass is 10.3. The van der Waals surface area contributed by atoms with Gasteiger partial charge in [-0.15, -0.1) is 0 Å². The first-order valence-corrected chi connectivity index (χ1v) is 4.85. The number of nitrogens with one attached hydrogen (secondary N) is 1. The number of allylic oxidation sites excluding steroid dienone is 3. The third-order valence-electron chi connectivity index (χ3n) is 1.86. The smallest absolute Gasteiger partial charge is 0.269 e. The van der Waals surface area contributed by atoms with E-state index in [0.29, 0.717) is 5.70 Å². The second-order valence-corrected chi connectivity index (χ2v) is 3.96. The summed E-state index contributed by atoms with van der Waals surface area (Å²) in [6, 6.07) is 0. The largest absolute Gasteiger partial charge is 0.356 e.